The van der Waals surface area contributed by atoms with E-state index in [0.29, 0.717) is 45.0 Å². The lowest BCUT2D eigenvalue weighted by molar-refractivity contribution is -0.135. The predicted octanol–water partition coefficient (Wildman–Crippen LogP) is 1.53. The van der Waals surface area contributed by atoms with Crippen LogP contribution in [0.25, 0.3) is 0 Å². The summed E-state index contributed by atoms with van der Waals surface area (Å²) in [6, 6.07) is 19.2. The number of nitrogens with one attached hydrogen (secondary N) is 1. The third kappa shape index (κ3) is 6.11. The van der Waals surface area contributed by atoms with Gasteiger partial charge < -0.3 is 15.0 Å². The second-order valence-corrected chi connectivity index (χ2v) is 6.52. The minimum Gasteiger partial charge on any atom is -0.484 e. The highest BCUT2D eigenvalue weighted by Crippen LogP contribution is 2.09. The zero-order valence-corrected chi connectivity index (χ0v) is 15.3. The summed E-state index contributed by atoms with van der Waals surface area (Å²) in [5.74, 6) is 0.678. The van der Waals surface area contributed by atoms with Gasteiger partial charge in [0, 0.05) is 32.7 Å². The molecule has 27 heavy (non-hydrogen) atoms. The molecule has 0 saturated carbocycles. The highest BCUT2D eigenvalue weighted by Gasteiger charge is 2.22. The largest absolute Gasteiger partial charge is 0.484 e. The van der Waals surface area contributed by atoms with E-state index in [1.54, 1.807) is 4.90 Å². The molecule has 1 fully saturated rings. The molecule has 3 rings (SSSR count). The van der Waals surface area contributed by atoms with E-state index in [1.165, 1.54) is 0 Å². The molecular formula is C21H25N3O3. The zero-order chi connectivity index (χ0) is 18.9. The van der Waals surface area contributed by atoms with Gasteiger partial charge in [0.2, 0.25) is 5.91 Å². The van der Waals surface area contributed by atoms with Gasteiger partial charge in [-0.2, -0.15) is 0 Å². The molecule has 2 amide bonds. The van der Waals surface area contributed by atoms with E-state index in [4.69, 9.17) is 4.74 Å². The zero-order valence-electron chi connectivity index (χ0n) is 15.3. The van der Waals surface area contributed by atoms with Crippen molar-refractivity contribution < 1.29 is 14.3 Å². The number of para-hydroxylation sites is 1. The van der Waals surface area contributed by atoms with Gasteiger partial charge in [0.05, 0.1) is 6.54 Å². The van der Waals surface area contributed by atoms with Crippen LogP contribution < -0.4 is 10.1 Å². The molecule has 1 aliphatic rings. The van der Waals surface area contributed by atoms with Crippen molar-refractivity contribution in [1.82, 2.24) is 15.1 Å². The Kier molecular flexibility index (Phi) is 6.82. The monoisotopic (exact) mass is 367 g/mol. The number of benzene rings is 2. The van der Waals surface area contributed by atoms with Gasteiger partial charge in [-0.15, -0.1) is 0 Å². The molecule has 1 saturated heterocycles. The maximum atomic E-state index is 12.3. The Morgan fingerprint density at radius 1 is 0.889 bits per heavy atom. The minimum absolute atomic E-state index is 0.00559. The molecule has 2 aromatic rings. The van der Waals surface area contributed by atoms with Gasteiger partial charge in [-0.3, -0.25) is 14.5 Å². The molecule has 0 spiro atoms. The summed E-state index contributed by atoms with van der Waals surface area (Å²) in [4.78, 5) is 28.2. The van der Waals surface area contributed by atoms with Crippen molar-refractivity contribution in [2.24, 2.45) is 0 Å². The first-order chi connectivity index (χ1) is 13.2. The molecule has 0 aromatic heterocycles. The molecule has 1 aliphatic heterocycles. The first-order valence-corrected chi connectivity index (χ1v) is 9.19. The molecule has 0 unspecified atom stereocenters. The number of rotatable bonds is 7. The van der Waals surface area contributed by atoms with Crippen molar-refractivity contribution in [1.29, 1.82) is 0 Å². The van der Waals surface area contributed by atoms with Gasteiger partial charge in [0.1, 0.15) is 5.75 Å². The average molecular weight is 367 g/mol. The van der Waals surface area contributed by atoms with Gasteiger partial charge in [-0.25, -0.2) is 0 Å². The standard InChI is InChI=1S/C21H25N3O3/c25-20(22-15-18-7-3-1-4-8-18)16-23-11-13-24(14-12-23)21(26)17-27-19-9-5-2-6-10-19/h1-10H,11-17H2,(H,22,25). The number of piperazine rings is 1. The summed E-state index contributed by atoms with van der Waals surface area (Å²) in [6.07, 6.45) is 0. The Labute approximate surface area is 159 Å². The molecule has 142 valence electrons. The van der Waals surface area contributed by atoms with E-state index in [1.807, 2.05) is 60.7 Å². The lowest BCUT2D eigenvalue weighted by Gasteiger charge is -2.34. The summed E-state index contributed by atoms with van der Waals surface area (Å²) < 4.78 is 5.52. The number of carbonyl (C=O) groups excluding carboxylic acids is 2. The van der Waals surface area contributed by atoms with Gasteiger partial charge in [-0.05, 0) is 17.7 Å². The topological polar surface area (TPSA) is 61.9 Å². The minimum atomic E-state index is -0.0213. The molecule has 0 bridgehead atoms. The van der Waals surface area contributed by atoms with Crippen molar-refractivity contribution in [3.8, 4) is 5.75 Å². The van der Waals surface area contributed by atoms with Gasteiger partial charge in [0.15, 0.2) is 6.61 Å². The van der Waals surface area contributed by atoms with Crippen LogP contribution in [-0.2, 0) is 16.1 Å². The Bertz CT molecular complexity index is 729. The highest BCUT2D eigenvalue weighted by atomic mass is 16.5. The third-order valence-corrected chi connectivity index (χ3v) is 4.53. The number of carbonyl (C=O) groups is 2. The lowest BCUT2D eigenvalue weighted by atomic mass is 10.2. The van der Waals surface area contributed by atoms with E-state index in [0.717, 1.165) is 5.56 Å². The van der Waals surface area contributed by atoms with Crippen molar-refractivity contribution >= 4 is 11.8 Å². The maximum absolute atomic E-state index is 12.3. The second kappa shape index (κ2) is 9.73. The fraction of sp³-hybridized carbons (Fsp3) is 0.333. The molecule has 0 aliphatic carbocycles. The third-order valence-electron chi connectivity index (χ3n) is 4.53. The quantitative estimate of drug-likeness (QED) is 0.806. The second-order valence-electron chi connectivity index (χ2n) is 6.52. The summed E-state index contributed by atoms with van der Waals surface area (Å²) >= 11 is 0. The Hall–Kier alpha value is -2.86. The molecule has 6 nitrogen and oxygen atoms in total. The van der Waals surface area contributed by atoms with Crippen LogP contribution in [0.3, 0.4) is 0 Å². The number of amides is 2. The van der Waals surface area contributed by atoms with Crippen molar-refractivity contribution in [2.75, 3.05) is 39.3 Å². The Morgan fingerprint density at radius 2 is 1.52 bits per heavy atom. The smallest absolute Gasteiger partial charge is 0.260 e. The van der Waals surface area contributed by atoms with Crippen LogP contribution in [0.2, 0.25) is 0 Å². The van der Waals surface area contributed by atoms with E-state index in [-0.39, 0.29) is 18.4 Å². The molecule has 1 heterocycles. The Balaban J connectivity index is 1.34. The van der Waals surface area contributed by atoms with Crippen LogP contribution in [0.15, 0.2) is 60.7 Å². The van der Waals surface area contributed by atoms with E-state index < -0.39 is 0 Å². The van der Waals surface area contributed by atoms with Gasteiger partial charge in [-0.1, -0.05) is 48.5 Å². The maximum Gasteiger partial charge on any atom is 0.260 e. The lowest BCUT2D eigenvalue weighted by Crippen LogP contribution is -2.52. The fourth-order valence-corrected chi connectivity index (χ4v) is 2.96. The number of hydrogen-bond acceptors (Lipinski definition) is 4. The number of hydrogen-bond donors (Lipinski definition) is 1. The molecule has 2 aromatic carbocycles. The predicted molar refractivity (Wildman–Crippen MR) is 103 cm³/mol. The average Bonchev–Trinajstić information content (AvgIpc) is 2.72. The van der Waals surface area contributed by atoms with E-state index in [2.05, 4.69) is 10.2 Å². The molecule has 6 heteroatoms. The highest BCUT2D eigenvalue weighted by molar-refractivity contribution is 5.79. The number of ether oxygens (including phenoxy) is 1. The van der Waals surface area contributed by atoms with E-state index in [9.17, 15) is 9.59 Å². The first-order valence-electron chi connectivity index (χ1n) is 9.19. The summed E-state index contributed by atoms with van der Waals surface area (Å²) in [7, 11) is 0. The van der Waals surface area contributed by atoms with Crippen LogP contribution in [0.1, 0.15) is 5.56 Å². The normalized spacial score (nSPS) is 14.6. The molecule has 1 N–H and O–H groups in total. The first kappa shape index (κ1) is 18.9. The van der Waals surface area contributed by atoms with Crippen molar-refractivity contribution in [3.05, 3.63) is 66.2 Å². The molecule has 0 atom stereocenters. The molecular weight excluding hydrogens is 342 g/mol. The number of nitrogens with zero attached hydrogens (tertiary/aromatic N) is 2. The van der Waals surface area contributed by atoms with Crippen LogP contribution in [0, 0.1) is 0 Å². The Morgan fingerprint density at radius 3 is 2.19 bits per heavy atom. The van der Waals surface area contributed by atoms with Crippen molar-refractivity contribution in [2.45, 2.75) is 6.54 Å². The van der Waals surface area contributed by atoms with Crippen LogP contribution in [-0.4, -0.2) is 60.9 Å². The summed E-state index contributed by atoms with van der Waals surface area (Å²) in [5, 5.41) is 2.94. The summed E-state index contributed by atoms with van der Waals surface area (Å²) in [5.41, 5.74) is 1.08. The van der Waals surface area contributed by atoms with Gasteiger partial charge >= 0.3 is 0 Å². The SMILES string of the molecule is O=C(CN1CCN(C(=O)COc2ccccc2)CC1)NCc1ccccc1. The summed E-state index contributed by atoms with van der Waals surface area (Å²) in [6.45, 7) is 3.55. The fourth-order valence-electron chi connectivity index (χ4n) is 2.96. The molecule has 0 radical (unpaired) electrons. The van der Waals surface area contributed by atoms with Crippen molar-refractivity contribution in [3.63, 3.8) is 0 Å². The van der Waals surface area contributed by atoms with Crippen LogP contribution >= 0.6 is 0 Å². The van der Waals surface area contributed by atoms with Gasteiger partial charge in [0.25, 0.3) is 5.91 Å². The van der Waals surface area contributed by atoms with Crippen LogP contribution in [0.5, 0.6) is 5.75 Å². The van der Waals surface area contributed by atoms with Crippen LogP contribution in [0.4, 0.5) is 0 Å². The van der Waals surface area contributed by atoms with E-state index >= 15 is 0 Å².